The molecule has 2 heteroatoms. The van der Waals surface area contributed by atoms with E-state index >= 15 is 0 Å². The molecule has 0 saturated heterocycles. The molecular weight excluding hydrogens is 176 g/mol. The van der Waals surface area contributed by atoms with Gasteiger partial charge in [-0.25, -0.2) is 0 Å². The first-order valence-electron chi connectivity index (χ1n) is 4.68. The van der Waals surface area contributed by atoms with Crippen molar-refractivity contribution in [3.63, 3.8) is 0 Å². The van der Waals surface area contributed by atoms with Crippen molar-refractivity contribution >= 4 is 0 Å². The molecule has 0 aliphatic carbocycles. The van der Waals surface area contributed by atoms with Crippen molar-refractivity contribution in [3.8, 4) is 5.75 Å². The summed E-state index contributed by atoms with van der Waals surface area (Å²) in [5.74, 6) is 0.877. The minimum Gasteiger partial charge on any atom is -0.497 e. The van der Waals surface area contributed by atoms with Crippen LogP contribution in [0.15, 0.2) is 36.4 Å². The molecule has 0 N–H and O–H groups in total. The van der Waals surface area contributed by atoms with Gasteiger partial charge in [0.15, 0.2) is 0 Å². The molecule has 0 unspecified atom stereocenters. The third-order valence-corrected chi connectivity index (χ3v) is 1.88. The summed E-state index contributed by atoms with van der Waals surface area (Å²) in [7, 11) is 1.66. The average Bonchev–Trinajstić information content (AvgIpc) is 2.25. The molecule has 76 valence electrons. The Balaban J connectivity index is 2.36. The van der Waals surface area contributed by atoms with Gasteiger partial charge in [-0.15, -0.1) is 0 Å². The lowest BCUT2D eigenvalue weighted by atomic mass is 10.2. The number of methoxy groups -OCH3 is 1. The molecule has 1 rings (SSSR count). The Labute approximate surface area is 85.2 Å². The quantitative estimate of drug-likeness (QED) is 0.527. The molecule has 14 heavy (non-hydrogen) atoms. The SMILES string of the molecule is C/C=C\COCc1ccc(OC)cc1. The maximum Gasteiger partial charge on any atom is 0.118 e. The molecule has 1 aromatic carbocycles. The molecule has 0 radical (unpaired) electrons. The molecule has 0 bridgehead atoms. The van der Waals surface area contributed by atoms with Crippen molar-refractivity contribution in [2.24, 2.45) is 0 Å². The number of rotatable bonds is 5. The summed E-state index contributed by atoms with van der Waals surface area (Å²) in [6.07, 6.45) is 3.97. The van der Waals surface area contributed by atoms with Crippen molar-refractivity contribution in [2.75, 3.05) is 13.7 Å². The van der Waals surface area contributed by atoms with Crippen LogP contribution in [0.4, 0.5) is 0 Å². The summed E-state index contributed by atoms with van der Waals surface area (Å²) >= 11 is 0. The second-order valence-electron chi connectivity index (χ2n) is 2.93. The van der Waals surface area contributed by atoms with Crippen LogP contribution >= 0.6 is 0 Å². The fourth-order valence-corrected chi connectivity index (χ4v) is 1.06. The van der Waals surface area contributed by atoms with Gasteiger partial charge >= 0.3 is 0 Å². The summed E-state index contributed by atoms with van der Waals surface area (Å²) in [4.78, 5) is 0. The van der Waals surface area contributed by atoms with Crippen LogP contribution in [-0.2, 0) is 11.3 Å². The lowest BCUT2D eigenvalue weighted by Gasteiger charge is -2.03. The molecular formula is C12H16O2. The van der Waals surface area contributed by atoms with E-state index in [9.17, 15) is 0 Å². The van der Waals surface area contributed by atoms with E-state index < -0.39 is 0 Å². The highest BCUT2D eigenvalue weighted by atomic mass is 16.5. The molecule has 0 spiro atoms. The predicted molar refractivity (Wildman–Crippen MR) is 57.5 cm³/mol. The van der Waals surface area contributed by atoms with Crippen LogP contribution in [0.5, 0.6) is 5.75 Å². The van der Waals surface area contributed by atoms with Crippen LogP contribution in [0.25, 0.3) is 0 Å². The van der Waals surface area contributed by atoms with Gasteiger partial charge in [-0.05, 0) is 24.6 Å². The zero-order chi connectivity index (χ0) is 10.2. The average molecular weight is 192 g/mol. The van der Waals surface area contributed by atoms with Crippen molar-refractivity contribution < 1.29 is 9.47 Å². The minimum atomic E-state index is 0.647. The normalized spacial score (nSPS) is 10.7. The Hall–Kier alpha value is -1.28. The van der Waals surface area contributed by atoms with Crippen LogP contribution in [0.2, 0.25) is 0 Å². The van der Waals surface area contributed by atoms with Gasteiger partial charge < -0.3 is 9.47 Å². The third kappa shape index (κ3) is 3.62. The van der Waals surface area contributed by atoms with Gasteiger partial charge in [0.2, 0.25) is 0 Å². The molecule has 1 aromatic rings. The highest BCUT2D eigenvalue weighted by Gasteiger charge is 1.93. The largest absolute Gasteiger partial charge is 0.497 e. The van der Waals surface area contributed by atoms with Crippen LogP contribution < -0.4 is 4.74 Å². The van der Waals surface area contributed by atoms with Crippen LogP contribution in [-0.4, -0.2) is 13.7 Å². The van der Waals surface area contributed by atoms with Gasteiger partial charge in [-0.2, -0.15) is 0 Å². The number of hydrogen-bond acceptors (Lipinski definition) is 2. The van der Waals surface area contributed by atoms with E-state index in [0.717, 1.165) is 11.3 Å². The van der Waals surface area contributed by atoms with E-state index in [2.05, 4.69) is 0 Å². The number of allylic oxidation sites excluding steroid dienone is 1. The van der Waals surface area contributed by atoms with Crippen LogP contribution in [0.3, 0.4) is 0 Å². The molecule has 0 heterocycles. The van der Waals surface area contributed by atoms with Gasteiger partial charge in [0.05, 0.1) is 20.3 Å². The fraction of sp³-hybridized carbons (Fsp3) is 0.333. The second kappa shape index (κ2) is 6.22. The molecule has 2 nitrogen and oxygen atoms in total. The van der Waals surface area contributed by atoms with E-state index in [1.165, 1.54) is 0 Å². The standard InChI is InChI=1S/C12H16O2/c1-3-4-9-14-10-11-5-7-12(13-2)8-6-11/h3-8H,9-10H2,1-2H3/b4-3-. The Kier molecular flexibility index (Phi) is 4.79. The first-order valence-corrected chi connectivity index (χ1v) is 4.68. The maximum atomic E-state index is 5.41. The zero-order valence-electron chi connectivity index (χ0n) is 8.69. The lowest BCUT2D eigenvalue weighted by molar-refractivity contribution is 0.148. The smallest absolute Gasteiger partial charge is 0.118 e. The van der Waals surface area contributed by atoms with E-state index in [1.54, 1.807) is 7.11 Å². The molecule has 0 aliphatic rings. The van der Waals surface area contributed by atoms with Crippen molar-refractivity contribution in [2.45, 2.75) is 13.5 Å². The molecule has 0 aliphatic heterocycles. The Morgan fingerprint density at radius 1 is 1.21 bits per heavy atom. The summed E-state index contributed by atoms with van der Waals surface area (Å²) in [6.45, 7) is 3.30. The lowest BCUT2D eigenvalue weighted by Crippen LogP contribution is -1.92. The highest BCUT2D eigenvalue weighted by molar-refractivity contribution is 5.26. The zero-order valence-corrected chi connectivity index (χ0v) is 8.69. The van der Waals surface area contributed by atoms with E-state index in [1.807, 2.05) is 43.3 Å². The number of benzene rings is 1. The topological polar surface area (TPSA) is 18.5 Å². The molecule has 0 aromatic heterocycles. The summed E-state index contributed by atoms with van der Waals surface area (Å²) in [5.41, 5.74) is 1.16. The monoisotopic (exact) mass is 192 g/mol. The van der Waals surface area contributed by atoms with E-state index in [0.29, 0.717) is 13.2 Å². The van der Waals surface area contributed by atoms with Gasteiger partial charge in [0, 0.05) is 0 Å². The predicted octanol–water partition coefficient (Wildman–Crippen LogP) is 2.79. The Morgan fingerprint density at radius 2 is 1.93 bits per heavy atom. The second-order valence-corrected chi connectivity index (χ2v) is 2.93. The van der Waals surface area contributed by atoms with Crippen molar-refractivity contribution in [1.29, 1.82) is 0 Å². The van der Waals surface area contributed by atoms with Crippen LogP contribution in [0, 0.1) is 0 Å². The molecule has 0 atom stereocenters. The third-order valence-electron chi connectivity index (χ3n) is 1.88. The molecule has 0 fully saturated rings. The number of hydrogen-bond donors (Lipinski definition) is 0. The number of ether oxygens (including phenoxy) is 2. The minimum absolute atomic E-state index is 0.647. The first kappa shape index (κ1) is 10.8. The Morgan fingerprint density at radius 3 is 2.50 bits per heavy atom. The summed E-state index contributed by atoms with van der Waals surface area (Å²) in [5, 5.41) is 0. The molecule has 0 saturated carbocycles. The maximum absolute atomic E-state index is 5.41. The first-order chi connectivity index (χ1) is 6.86. The highest BCUT2D eigenvalue weighted by Crippen LogP contribution is 2.11. The van der Waals surface area contributed by atoms with Gasteiger partial charge in [-0.3, -0.25) is 0 Å². The fourth-order valence-electron chi connectivity index (χ4n) is 1.06. The molecule has 0 amide bonds. The van der Waals surface area contributed by atoms with Gasteiger partial charge in [0.25, 0.3) is 0 Å². The summed E-state index contributed by atoms with van der Waals surface area (Å²) in [6, 6.07) is 7.89. The van der Waals surface area contributed by atoms with Crippen LogP contribution in [0.1, 0.15) is 12.5 Å². The van der Waals surface area contributed by atoms with Gasteiger partial charge in [0.1, 0.15) is 5.75 Å². The Bertz CT molecular complexity index is 275. The van der Waals surface area contributed by atoms with Gasteiger partial charge in [-0.1, -0.05) is 24.3 Å². The van der Waals surface area contributed by atoms with E-state index in [-0.39, 0.29) is 0 Å². The van der Waals surface area contributed by atoms with E-state index in [4.69, 9.17) is 9.47 Å². The summed E-state index contributed by atoms with van der Waals surface area (Å²) < 4.78 is 10.5. The van der Waals surface area contributed by atoms with Crippen molar-refractivity contribution in [1.82, 2.24) is 0 Å². The van der Waals surface area contributed by atoms with Crippen molar-refractivity contribution in [3.05, 3.63) is 42.0 Å².